The summed E-state index contributed by atoms with van der Waals surface area (Å²) in [6, 6.07) is 1.83. The van der Waals surface area contributed by atoms with Crippen molar-refractivity contribution in [1.82, 2.24) is 4.90 Å². The molecule has 7 heteroatoms. The molecular weight excluding hydrogens is 356 g/mol. The molecule has 1 aliphatic heterocycles. The number of carbonyl (C=O) groups excluding carboxylic acids is 2. The molecule has 0 bridgehead atoms. The summed E-state index contributed by atoms with van der Waals surface area (Å²) in [4.78, 5) is 24.4. The summed E-state index contributed by atoms with van der Waals surface area (Å²) in [6.07, 6.45) is 4.68. The molecule has 0 aromatic heterocycles. The van der Waals surface area contributed by atoms with Crippen molar-refractivity contribution in [3.05, 3.63) is 36.1 Å². The van der Waals surface area contributed by atoms with Gasteiger partial charge in [0.25, 0.3) is 0 Å². The number of carbonyl (C=O) groups is 2. The summed E-state index contributed by atoms with van der Waals surface area (Å²) in [7, 11) is 0. The highest BCUT2D eigenvalue weighted by Gasteiger charge is 2.14. The minimum absolute atomic E-state index is 0.0566. The first-order chi connectivity index (χ1) is 11.9. The number of hydrogen-bond donors (Lipinski definition) is 0. The average molecular weight is 381 g/mol. The van der Waals surface area contributed by atoms with Crippen LogP contribution in [0.15, 0.2) is 36.1 Å². The predicted molar refractivity (Wildman–Crippen MR) is 104 cm³/mol. The zero-order valence-corrected chi connectivity index (χ0v) is 16.3. The molecule has 1 heterocycles. The number of nitrogens with zero attached hydrogens (tertiary/aromatic N) is 2. The maximum absolute atomic E-state index is 11.7. The number of amides is 1. The Balaban J connectivity index is 2.48. The predicted octanol–water partition coefficient (Wildman–Crippen LogP) is 2.81. The van der Waals surface area contributed by atoms with E-state index in [-0.39, 0.29) is 23.4 Å². The molecule has 1 rings (SSSR count). The van der Waals surface area contributed by atoms with Gasteiger partial charge in [-0.2, -0.15) is 28.8 Å². The molecule has 0 atom stereocenters. The molecule has 0 saturated carbocycles. The minimum Gasteiger partial charge on any atom is -0.375 e. The number of allylic oxidation sites excluding steroid dienone is 3. The van der Waals surface area contributed by atoms with Crippen molar-refractivity contribution in [2.24, 2.45) is 0 Å². The first-order valence-electron chi connectivity index (χ1n) is 7.94. The van der Waals surface area contributed by atoms with Gasteiger partial charge >= 0.3 is 0 Å². The molecule has 0 aromatic carbocycles. The third kappa shape index (κ3) is 8.96. The van der Waals surface area contributed by atoms with Gasteiger partial charge in [0.15, 0.2) is 5.78 Å². The lowest BCUT2D eigenvalue weighted by Crippen LogP contribution is -2.30. The van der Waals surface area contributed by atoms with Crippen LogP contribution in [-0.4, -0.2) is 58.9 Å². The first-order valence-corrected chi connectivity index (χ1v) is 10.3. The van der Waals surface area contributed by atoms with E-state index in [4.69, 9.17) is 10.00 Å². The highest BCUT2D eigenvalue weighted by Crippen LogP contribution is 2.20. The van der Waals surface area contributed by atoms with Crippen LogP contribution in [-0.2, 0) is 14.3 Å². The molecule has 25 heavy (non-hydrogen) atoms. The Kier molecular flexibility index (Phi) is 10.3. The van der Waals surface area contributed by atoms with Crippen molar-refractivity contribution in [2.75, 3.05) is 36.2 Å². The van der Waals surface area contributed by atoms with E-state index in [9.17, 15) is 9.59 Å². The molecule has 5 nitrogen and oxygen atoms in total. The quantitative estimate of drug-likeness (QED) is 0.293. The molecule has 1 amide bonds. The van der Waals surface area contributed by atoms with Gasteiger partial charge < -0.3 is 9.64 Å². The van der Waals surface area contributed by atoms with Gasteiger partial charge in [-0.25, -0.2) is 0 Å². The molecular formula is C18H24N2O3S2. The van der Waals surface area contributed by atoms with Crippen molar-refractivity contribution >= 4 is 35.2 Å². The molecule has 0 N–H and O–H groups in total. The van der Waals surface area contributed by atoms with Gasteiger partial charge in [-0.3, -0.25) is 9.59 Å². The second-order valence-electron chi connectivity index (χ2n) is 5.58. The number of hydrogen-bond acceptors (Lipinski definition) is 6. The summed E-state index contributed by atoms with van der Waals surface area (Å²) in [6.45, 7) is 7.70. The van der Waals surface area contributed by atoms with E-state index in [1.165, 1.54) is 36.5 Å². The number of rotatable bonds is 7. The Labute approximate surface area is 158 Å². The average Bonchev–Trinajstić information content (AvgIpc) is 2.53. The normalized spacial score (nSPS) is 17.0. The van der Waals surface area contributed by atoms with Crippen LogP contribution in [0.4, 0.5) is 0 Å². The first kappa shape index (κ1) is 21.6. The van der Waals surface area contributed by atoms with Crippen LogP contribution in [0.5, 0.6) is 0 Å². The Morgan fingerprint density at radius 2 is 2.00 bits per heavy atom. The molecule has 0 aromatic rings. The van der Waals surface area contributed by atoms with E-state index < -0.39 is 0 Å². The van der Waals surface area contributed by atoms with Crippen molar-refractivity contribution in [1.29, 1.82) is 5.26 Å². The van der Waals surface area contributed by atoms with E-state index in [0.717, 1.165) is 23.0 Å². The number of nitriles is 1. The van der Waals surface area contributed by atoms with Crippen LogP contribution in [0, 0.1) is 11.3 Å². The summed E-state index contributed by atoms with van der Waals surface area (Å²) in [5, 5.41) is 8.83. The third-order valence-corrected chi connectivity index (χ3v) is 5.78. The van der Waals surface area contributed by atoms with E-state index in [1.807, 2.05) is 29.6 Å². The van der Waals surface area contributed by atoms with Crippen LogP contribution in [0.25, 0.3) is 0 Å². The second-order valence-corrected chi connectivity index (χ2v) is 7.64. The zero-order chi connectivity index (χ0) is 18.7. The van der Waals surface area contributed by atoms with Crippen LogP contribution in [0.2, 0.25) is 0 Å². The van der Waals surface area contributed by atoms with Crippen LogP contribution < -0.4 is 0 Å². The lowest BCUT2D eigenvalue weighted by molar-refractivity contribution is -0.127. The number of thioether (sulfide) groups is 2. The standard InChI is InChI=1S/C18H24N2O3S2/c1-14-10-24-12-18(13-25-11-14)23-8-7-20(16(3)22)6-4-5-17(9-19)15(2)21/h4-6,18H,1,7-8,10-13H2,2-3H3. The van der Waals surface area contributed by atoms with Gasteiger partial charge in [0.05, 0.1) is 18.3 Å². The fourth-order valence-electron chi connectivity index (χ4n) is 1.99. The summed E-state index contributed by atoms with van der Waals surface area (Å²) in [5.74, 6) is 3.38. The monoisotopic (exact) mass is 380 g/mol. The number of Topliss-reactive ketones (excluding diaryl/α,β-unsaturated/α-hetero) is 1. The Morgan fingerprint density at radius 3 is 2.52 bits per heavy atom. The maximum Gasteiger partial charge on any atom is 0.223 e. The summed E-state index contributed by atoms with van der Waals surface area (Å²) in [5.41, 5.74) is 1.32. The van der Waals surface area contributed by atoms with E-state index in [0.29, 0.717) is 13.2 Å². The highest BCUT2D eigenvalue weighted by molar-refractivity contribution is 8.01. The largest absolute Gasteiger partial charge is 0.375 e. The summed E-state index contributed by atoms with van der Waals surface area (Å²) < 4.78 is 5.90. The molecule has 0 radical (unpaired) electrons. The van der Waals surface area contributed by atoms with E-state index in [1.54, 1.807) is 6.20 Å². The van der Waals surface area contributed by atoms with Gasteiger partial charge in [-0.05, 0) is 19.1 Å². The Morgan fingerprint density at radius 1 is 1.36 bits per heavy atom. The van der Waals surface area contributed by atoms with Crippen LogP contribution in [0.1, 0.15) is 13.8 Å². The second kappa shape index (κ2) is 12.0. The highest BCUT2D eigenvalue weighted by atomic mass is 32.2. The molecule has 1 fully saturated rings. The molecule has 0 spiro atoms. The number of ketones is 1. The molecule has 136 valence electrons. The SMILES string of the molecule is C=C1CSCC(OCCN(C=CC=C(C#N)C(C)=O)C(C)=O)CSC1. The van der Waals surface area contributed by atoms with Gasteiger partial charge in [-0.15, -0.1) is 0 Å². The van der Waals surface area contributed by atoms with Crippen molar-refractivity contribution in [2.45, 2.75) is 20.0 Å². The summed E-state index contributed by atoms with van der Waals surface area (Å²) >= 11 is 3.66. The fraction of sp³-hybridized carbons (Fsp3) is 0.500. The number of ether oxygens (including phenoxy) is 1. The molecule has 0 unspecified atom stereocenters. The maximum atomic E-state index is 11.7. The van der Waals surface area contributed by atoms with E-state index >= 15 is 0 Å². The van der Waals surface area contributed by atoms with Gasteiger partial charge in [-0.1, -0.05) is 12.2 Å². The van der Waals surface area contributed by atoms with Gasteiger partial charge in [0.1, 0.15) is 6.07 Å². The van der Waals surface area contributed by atoms with Crippen molar-refractivity contribution in [3.8, 4) is 6.07 Å². The molecule has 1 saturated heterocycles. The topological polar surface area (TPSA) is 70.4 Å². The fourth-order valence-corrected chi connectivity index (χ4v) is 4.24. The van der Waals surface area contributed by atoms with Gasteiger partial charge in [0.2, 0.25) is 5.91 Å². The Hall–Kier alpha value is -1.49. The van der Waals surface area contributed by atoms with Crippen molar-refractivity contribution in [3.63, 3.8) is 0 Å². The Bertz CT molecular complexity index is 582. The van der Waals surface area contributed by atoms with Crippen molar-refractivity contribution < 1.29 is 14.3 Å². The lowest BCUT2D eigenvalue weighted by Gasteiger charge is -2.22. The van der Waals surface area contributed by atoms with Crippen LogP contribution in [0.3, 0.4) is 0 Å². The molecule has 0 aliphatic carbocycles. The lowest BCUT2D eigenvalue weighted by atomic mass is 10.2. The van der Waals surface area contributed by atoms with Crippen LogP contribution >= 0.6 is 23.5 Å². The zero-order valence-electron chi connectivity index (χ0n) is 14.7. The smallest absolute Gasteiger partial charge is 0.223 e. The van der Waals surface area contributed by atoms with Gasteiger partial charge in [0, 0.05) is 42.7 Å². The third-order valence-electron chi connectivity index (χ3n) is 3.34. The molecule has 1 aliphatic rings. The van der Waals surface area contributed by atoms with E-state index in [2.05, 4.69) is 6.58 Å². The minimum atomic E-state index is -0.299.